The molecule has 0 fully saturated rings. The number of nitrogens with two attached hydrogens (primary N) is 1. The number of hydrogen-bond acceptors (Lipinski definition) is 3. The van der Waals surface area contributed by atoms with E-state index in [1.165, 1.54) is 11.1 Å². The highest BCUT2D eigenvalue weighted by Crippen LogP contribution is 2.46. The van der Waals surface area contributed by atoms with Gasteiger partial charge in [-0.3, -0.25) is 4.90 Å². The third kappa shape index (κ3) is 3.20. The smallest absolute Gasteiger partial charge is 0.414 e. The van der Waals surface area contributed by atoms with E-state index in [1.807, 2.05) is 12.1 Å². The number of rotatable bonds is 1. The van der Waals surface area contributed by atoms with Crippen LogP contribution in [0.15, 0.2) is 16.6 Å². The summed E-state index contributed by atoms with van der Waals surface area (Å²) < 4.78 is 4.52. The Hall–Kier alpha value is -0.200. The predicted molar refractivity (Wildman–Crippen MR) is 92.2 cm³/mol. The van der Waals surface area contributed by atoms with Crippen molar-refractivity contribution >= 4 is 62.5 Å². The highest BCUT2D eigenvalue weighted by atomic mass is 79.9. The molecule has 0 radical (unpaired) electrons. The van der Waals surface area contributed by atoms with Gasteiger partial charge in [-0.05, 0) is 36.1 Å². The van der Waals surface area contributed by atoms with Gasteiger partial charge in [0.25, 0.3) is 0 Å². The van der Waals surface area contributed by atoms with Crippen molar-refractivity contribution in [3.8, 4) is 0 Å². The molecule has 1 aromatic carbocycles. The van der Waals surface area contributed by atoms with E-state index in [-0.39, 0.29) is 18.6 Å². The molecule has 22 heavy (non-hydrogen) atoms. The molecule has 2 aliphatic rings. The summed E-state index contributed by atoms with van der Waals surface area (Å²) >= 11 is 20.5. The average Bonchev–Trinajstić information content (AvgIpc) is 2.78. The maximum absolute atomic E-state index is 12.3. The molecule has 4 nitrogen and oxygen atoms in total. The molecule has 1 amide bonds. The first-order valence-corrected chi connectivity index (χ1v) is 8.77. The van der Waals surface area contributed by atoms with Gasteiger partial charge in [0, 0.05) is 23.0 Å². The molecule has 1 aliphatic carbocycles. The van der Waals surface area contributed by atoms with E-state index < -0.39 is 9.89 Å². The van der Waals surface area contributed by atoms with E-state index in [9.17, 15) is 4.79 Å². The lowest BCUT2D eigenvalue weighted by molar-refractivity contribution is 0.156. The Morgan fingerprint density at radius 2 is 2.18 bits per heavy atom. The number of halogens is 4. The quantitative estimate of drug-likeness (QED) is 0.685. The Morgan fingerprint density at radius 3 is 2.86 bits per heavy atom. The number of benzene rings is 1. The molecule has 2 atom stereocenters. The van der Waals surface area contributed by atoms with E-state index in [4.69, 9.17) is 45.3 Å². The summed E-state index contributed by atoms with van der Waals surface area (Å²) in [5, 5.41) is 0. The lowest BCUT2D eigenvalue weighted by Gasteiger charge is -2.26. The Morgan fingerprint density at radius 1 is 1.45 bits per heavy atom. The molecule has 0 aromatic heterocycles. The number of ether oxygens (including phenoxy) is 1. The van der Waals surface area contributed by atoms with Gasteiger partial charge in [0.1, 0.15) is 6.61 Å². The third-order valence-electron chi connectivity index (χ3n) is 4.01. The van der Waals surface area contributed by atoms with Crippen LogP contribution in [0.3, 0.4) is 0 Å². The lowest BCUT2D eigenvalue weighted by Crippen LogP contribution is -2.34. The molecule has 8 heteroatoms. The fourth-order valence-corrected chi connectivity index (χ4v) is 3.90. The molecule has 0 saturated heterocycles. The second kappa shape index (κ2) is 6.02. The Kier molecular flexibility index (Phi) is 4.56. The number of alkyl halides is 3. The van der Waals surface area contributed by atoms with Gasteiger partial charge in [-0.2, -0.15) is 0 Å². The standard InChI is InChI=1S/C14H14BrCl3N2O2/c15-10-1-2-11-12-7(3-8(19)4-9(10)12)5-20(11)13(21)22-6-14(16,17)18/h1-2,7-8H,3-6,19H2. The van der Waals surface area contributed by atoms with Crippen LogP contribution in [0.2, 0.25) is 0 Å². The first kappa shape index (κ1) is 16.7. The van der Waals surface area contributed by atoms with Crippen LogP contribution in [0, 0.1) is 0 Å². The predicted octanol–water partition coefficient (Wildman–Crippen LogP) is 4.13. The van der Waals surface area contributed by atoms with Gasteiger partial charge in [0.2, 0.25) is 3.79 Å². The monoisotopic (exact) mass is 426 g/mol. The molecule has 0 spiro atoms. The van der Waals surface area contributed by atoms with Crippen molar-refractivity contribution in [3.63, 3.8) is 0 Å². The fraction of sp³-hybridized carbons (Fsp3) is 0.500. The molecule has 0 bridgehead atoms. The summed E-state index contributed by atoms with van der Waals surface area (Å²) in [5.74, 6) is 0.228. The number of nitrogens with zero attached hydrogens (tertiary/aromatic N) is 1. The average molecular weight is 429 g/mol. The van der Waals surface area contributed by atoms with Gasteiger partial charge in [-0.1, -0.05) is 50.7 Å². The Labute approximate surface area is 151 Å². The van der Waals surface area contributed by atoms with Gasteiger partial charge in [0.15, 0.2) is 0 Å². The maximum Gasteiger partial charge on any atom is 0.414 e. The van der Waals surface area contributed by atoms with Crippen LogP contribution in [0.4, 0.5) is 10.5 Å². The Bertz CT molecular complexity index is 621. The normalized spacial score (nSPS) is 23.4. The molecular weight excluding hydrogens is 414 g/mol. The third-order valence-corrected chi connectivity index (χ3v) is 5.08. The number of carbonyl (C=O) groups excluding carboxylic acids is 1. The van der Waals surface area contributed by atoms with E-state index >= 15 is 0 Å². The largest absolute Gasteiger partial charge is 0.445 e. The van der Waals surface area contributed by atoms with Crippen LogP contribution < -0.4 is 10.6 Å². The first-order chi connectivity index (χ1) is 10.3. The molecule has 2 unspecified atom stereocenters. The van der Waals surface area contributed by atoms with Crippen LogP contribution in [-0.4, -0.2) is 29.1 Å². The van der Waals surface area contributed by atoms with Crippen molar-refractivity contribution in [1.29, 1.82) is 0 Å². The second-order valence-electron chi connectivity index (χ2n) is 5.64. The zero-order chi connectivity index (χ0) is 16.1. The van der Waals surface area contributed by atoms with Gasteiger partial charge >= 0.3 is 6.09 Å². The van der Waals surface area contributed by atoms with Crippen molar-refractivity contribution in [1.82, 2.24) is 0 Å². The summed E-state index contributed by atoms with van der Waals surface area (Å²) in [6, 6.07) is 3.95. The first-order valence-electron chi connectivity index (χ1n) is 6.84. The van der Waals surface area contributed by atoms with Crippen LogP contribution >= 0.6 is 50.7 Å². The summed E-state index contributed by atoms with van der Waals surface area (Å²) in [6.07, 6.45) is 1.15. The van der Waals surface area contributed by atoms with Gasteiger partial charge in [-0.25, -0.2) is 4.79 Å². The van der Waals surface area contributed by atoms with Crippen molar-refractivity contribution < 1.29 is 9.53 Å². The van der Waals surface area contributed by atoms with Crippen molar-refractivity contribution in [2.75, 3.05) is 18.1 Å². The molecule has 120 valence electrons. The van der Waals surface area contributed by atoms with Crippen LogP contribution in [0.5, 0.6) is 0 Å². The maximum atomic E-state index is 12.3. The van der Waals surface area contributed by atoms with Crippen LogP contribution in [-0.2, 0) is 11.2 Å². The number of anilines is 1. The second-order valence-corrected chi connectivity index (χ2v) is 9.01. The molecule has 1 heterocycles. The van der Waals surface area contributed by atoms with Crippen molar-refractivity contribution in [2.24, 2.45) is 5.73 Å². The molecule has 1 aliphatic heterocycles. The summed E-state index contributed by atoms with van der Waals surface area (Å²) in [4.78, 5) is 13.9. The topological polar surface area (TPSA) is 55.6 Å². The number of hydrogen-bond donors (Lipinski definition) is 1. The zero-order valence-corrected chi connectivity index (χ0v) is 15.3. The minimum Gasteiger partial charge on any atom is -0.445 e. The Balaban J connectivity index is 1.87. The molecular formula is C14H14BrCl3N2O2. The van der Waals surface area contributed by atoms with Gasteiger partial charge < -0.3 is 10.5 Å². The van der Waals surface area contributed by atoms with E-state index in [1.54, 1.807) is 4.90 Å². The van der Waals surface area contributed by atoms with Gasteiger partial charge in [-0.15, -0.1) is 0 Å². The molecule has 3 rings (SSSR count). The summed E-state index contributed by atoms with van der Waals surface area (Å²) in [7, 11) is 0. The van der Waals surface area contributed by atoms with Crippen LogP contribution in [0.1, 0.15) is 23.5 Å². The van der Waals surface area contributed by atoms with Crippen molar-refractivity contribution in [3.05, 3.63) is 27.7 Å². The summed E-state index contributed by atoms with van der Waals surface area (Å²) in [6.45, 7) is 0.265. The number of amides is 1. The minimum atomic E-state index is -1.61. The molecule has 1 aromatic rings. The molecule has 0 saturated carbocycles. The van der Waals surface area contributed by atoms with E-state index in [0.717, 1.165) is 23.0 Å². The number of carbonyl (C=O) groups is 1. The fourth-order valence-electron chi connectivity index (χ4n) is 3.23. The highest BCUT2D eigenvalue weighted by Gasteiger charge is 2.39. The van der Waals surface area contributed by atoms with Gasteiger partial charge in [0.05, 0.1) is 5.69 Å². The van der Waals surface area contributed by atoms with Crippen molar-refractivity contribution in [2.45, 2.75) is 28.6 Å². The van der Waals surface area contributed by atoms with Crippen LogP contribution in [0.25, 0.3) is 0 Å². The zero-order valence-electron chi connectivity index (χ0n) is 11.5. The molecule has 2 N–H and O–H groups in total. The highest BCUT2D eigenvalue weighted by molar-refractivity contribution is 9.10. The SMILES string of the molecule is NC1Cc2c(Br)ccc3c2C(C1)CN3C(=O)OCC(Cl)(Cl)Cl. The van der Waals surface area contributed by atoms with E-state index in [2.05, 4.69) is 15.9 Å². The minimum absolute atomic E-state index is 0.0983. The lowest BCUT2D eigenvalue weighted by atomic mass is 9.81. The van der Waals surface area contributed by atoms with E-state index in [0.29, 0.717) is 6.54 Å². The summed E-state index contributed by atoms with van der Waals surface area (Å²) in [5.41, 5.74) is 9.36.